The van der Waals surface area contributed by atoms with Crippen LogP contribution in [0.1, 0.15) is 0 Å². The largest absolute Gasteiger partial charge is 0.362 e. The highest BCUT2D eigenvalue weighted by Crippen LogP contribution is 2.31. The Morgan fingerprint density at radius 3 is 2.58 bits per heavy atom. The molecule has 9 heteroatoms. The number of hydrogen-bond acceptors (Lipinski definition) is 7. The quantitative estimate of drug-likeness (QED) is 0.558. The minimum absolute atomic E-state index is 0.132. The van der Waals surface area contributed by atoms with E-state index in [2.05, 4.69) is 15.3 Å². The summed E-state index contributed by atoms with van der Waals surface area (Å²) in [4.78, 5) is 7.35. The van der Waals surface area contributed by atoms with Gasteiger partial charge in [0.2, 0.25) is 14.9 Å². The molecule has 0 unspecified atom stereocenters. The summed E-state index contributed by atoms with van der Waals surface area (Å²) in [6.45, 7) is 0. The lowest BCUT2D eigenvalue weighted by Gasteiger charge is -2.13. The molecule has 3 aromatic heterocycles. The molecule has 0 spiro atoms. The van der Waals surface area contributed by atoms with Crippen LogP contribution in [-0.2, 0) is 9.84 Å². The maximum Gasteiger partial charge on any atom is 0.229 e. The Labute approximate surface area is 142 Å². The Morgan fingerprint density at radius 1 is 1.12 bits per heavy atom. The summed E-state index contributed by atoms with van der Waals surface area (Å²) in [6, 6.07) is 10.1. The van der Waals surface area contributed by atoms with Crippen LogP contribution in [0.4, 0.5) is 5.82 Å². The molecule has 0 radical (unpaired) electrons. The van der Waals surface area contributed by atoms with E-state index in [1.165, 1.54) is 28.0 Å². The lowest BCUT2D eigenvalue weighted by molar-refractivity contribution is 0.592. The van der Waals surface area contributed by atoms with Crippen molar-refractivity contribution in [2.24, 2.45) is 0 Å². The van der Waals surface area contributed by atoms with Gasteiger partial charge in [0.25, 0.3) is 0 Å². The number of anilines is 1. The average Bonchev–Trinajstić information content (AvgIpc) is 3.21. The summed E-state index contributed by atoms with van der Waals surface area (Å²) < 4.78 is 27.3. The predicted molar refractivity (Wildman–Crippen MR) is 92.4 cm³/mol. The van der Waals surface area contributed by atoms with Crippen LogP contribution in [0.15, 0.2) is 51.7 Å². The maximum atomic E-state index is 12.9. The highest BCUT2D eigenvalue weighted by Gasteiger charge is 2.27. The van der Waals surface area contributed by atoms with Gasteiger partial charge >= 0.3 is 0 Å². The van der Waals surface area contributed by atoms with Gasteiger partial charge in [-0.3, -0.25) is 0 Å². The molecule has 0 amide bonds. The first-order valence-corrected chi connectivity index (χ1v) is 9.46. The number of fused-ring (bicyclic) bond motifs is 3. The summed E-state index contributed by atoms with van der Waals surface area (Å²) in [6.07, 6.45) is 0. The molecule has 0 saturated heterocycles. The highest BCUT2D eigenvalue weighted by molar-refractivity contribution is 7.91. The summed E-state index contributed by atoms with van der Waals surface area (Å²) in [5.41, 5.74) is 0.234. The van der Waals surface area contributed by atoms with Gasteiger partial charge in [0.15, 0.2) is 5.65 Å². The fourth-order valence-electron chi connectivity index (χ4n) is 2.52. The van der Waals surface area contributed by atoms with Crippen LogP contribution in [-0.4, -0.2) is 42.3 Å². The van der Waals surface area contributed by atoms with Crippen molar-refractivity contribution in [3.05, 3.63) is 41.8 Å². The van der Waals surface area contributed by atoms with Crippen LogP contribution in [0.3, 0.4) is 0 Å². The number of benzene rings is 1. The van der Waals surface area contributed by atoms with E-state index in [-0.39, 0.29) is 15.6 Å². The molecule has 3 heterocycles. The van der Waals surface area contributed by atoms with Crippen LogP contribution >= 0.6 is 11.3 Å². The average molecular weight is 359 g/mol. The Morgan fingerprint density at radius 2 is 1.88 bits per heavy atom. The van der Waals surface area contributed by atoms with Crippen molar-refractivity contribution in [1.82, 2.24) is 19.8 Å². The molecule has 0 aliphatic heterocycles. The molecule has 1 aromatic carbocycles. The van der Waals surface area contributed by atoms with Gasteiger partial charge in [-0.15, -0.1) is 16.4 Å². The molecule has 0 saturated carbocycles. The second kappa shape index (κ2) is 5.25. The number of nitrogens with zero attached hydrogens (tertiary/aromatic N) is 5. The topological polar surface area (TPSA) is 80.5 Å². The predicted octanol–water partition coefficient (Wildman–Crippen LogP) is 2.24. The second-order valence-electron chi connectivity index (χ2n) is 5.42. The molecule has 24 heavy (non-hydrogen) atoms. The SMILES string of the molecule is CN(C)c1nc2c(S(=O)(=O)c3ccccc3)nnn2c2sccc12. The Hall–Kier alpha value is -2.52. The molecular weight excluding hydrogens is 346 g/mol. The molecular formula is C15H13N5O2S2. The summed E-state index contributed by atoms with van der Waals surface area (Å²) in [5, 5.41) is 10.7. The van der Waals surface area contributed by atoms with E-state index < -0.39 is 9.84 Å². The van der Waals surface area contributed by atoms with E-state index >= 15 is 0 Å². The maximum absolute atomic E-state index is 12.9. The number of sulfone groups is 1. The first-order chi connectivity index (χ1) is 11.5. The van der Waals surface area contributed by atoms with Gasteiger partial charge in [-0.05, 0) is 23.6 Å². The van der Waals surface area contributed by atoms with Gasteiger partial charge < -0.3 is 4.90 Å². The fraction of sp³-hybridized carbons (Fsp3) is 0.133. The van der Waals surface area contributed by atoms with E-state index in [1.54, 1.807) is 18.2 Å². The smallest absolute Gasteiger partial charge is 0.229 e. The highest BCUT2D eigenvalue weighted by atomic mass is 32.2. The van der Waals surface area contributed by atoms with Crippen molar-refractivity contribution in [3.8, 4) is 0 Å². The van der Waals surface area contributed by atoms with E-state index in [9.17, 15) is 8.42 Å². The van der Waals surface area contributed by atoms with Gasteiger partial charge in [-0.1, -0.05) is 23.4 Å². The van der Waals surface area contributed by atoms with Gasteiger partial charge in [-0.25, -0.2) is 13.4 Å². The Balaban J connectivity index is 2.07. The van der Waals surface area contributed by atoms with Crippen molar-refractivity contribution in [2.45, 2.75) is 9.92 Å². The molecule has 0 aliphatic carbocycles. The normalized spacial score (nSPS) is 12.1. The lowest BCUT2D eigenvalue weighted by atomic mass is 10.3. The second-order valence-corrected chi connectivity index (χ2v) is 8.18. The molecule has 0 atom stereocenters. The monoisotopic (exact) mass is 359 g/mol. The molecule has 122 valence electrons. The molecule has 4 rings (SSSR count). The van der Waals surface area contributed by atoms with Crippen molar-refractivity contribution >= 4 is 42.9 Å². The molecule has 0 aliphatic rings. The molecule has 0 bridgehead atoms. The molecule has 7 nitrogen and oxygen atoms in total. The third kappa shape index (κ3) is 2.09. The third-order valence-corrected chi connectivity index (χ3v) is 6.19. The summed E-state index contributed by atoms with van der Waals surface area (Å²) in [5.74, 6) is 0.686. The van der Waals surface area contributed by atoms with E-state index in [0.29, 0.717) is 5.82 Å². The van der Waals surface area contributed by atoms with Crippen molar-refractivity contribution in [2.75, 3.05) is 19.0 Å². The van der Waals surface area contributed by atoms with Gasteiger partial charge in [0.05, 0.1) is 10.3 Å². The Bertz CT molecular complexity index is 1150. The minimum Gasteiger partial charge on any atom is -0.362 e. The standard InChI is InChI=1S/C15H13N5O2S2/c1-19(2)12-11-8-9-23-15(11)20-13(16-12)14(17-18-20)24(21,22)10-6-4-3-5-7-10/h3-9H,1-2H3. The summed E-state index contributed by atoms with van der Waals surface area (Å²) in [7, 11) is -0.0549. The zero-order valence-corrected chi connectivity index (χ0v) is 14.5. The number of thiophene rings is 1. The van der Waals surface area contributed by atoms with Gasteiger partial charge in [-0.2, -0.15) is 4.52 Å². The van der Waals surface area contributed by atoms with Crippen LogP contribution in [0.5, 0.6) is 0 Å². The van der Waals surface area contributed by atoms with Gasteiger partial charge in [0, 0.05) is 14.1 Å². The molecule has 0 N–H and O–H groups in total. The number of rotatable bonds is 3. The van der Waals surface area contributed by atoms with Crippen molar-refractivity contribution in [1.29, 1.82) is 0 Å². The number of aromatic nitrogens is 4. The van der Waals surface area contributed by atoms with Crippen molar-refractivity contribution < 1.29 is 8.42 Å². The minimum atomic E-state index is -3.79. The van der Waals surface area contributed by atoms with Crippen molar-refractivity contribution in [3.63, 3.8) is 0 Å². The van der Waals surface area contributed by atoms with E-state index in [1.807, 2.05) is 30.4 Å². The summed E-state index contributed by atoms with van der Waals surface area (Å²) >= 11 is 1.47. The van der Waals surface area contributed by atoms with E-state index in [0.717, 1.165) is 10.2 Å². The number of hydrogen-bond donors (Lipinski definition) is 0. The zero-order valence-electron chi connectivity index (χ0n) is 12.9. The van der Waals surface area contributed by atoms with Crippen LogP contribution in [0.2, 0.25) is 0 Å². The van der Waals surface area contributed by atoms with Crippen LogP contribution in [0.25, 0.3) is 15.9 Å². The zero-order chi connectivity index (χ0) is 16.9. The first kappa shape index (κ1) is 15.0. The fourth-order valence-corrected chi connectivity index (χ4v) is 4.61. The van der Waals surface area contributed by atoms with Crippen LogP contribution in [0, 0.1) is 0 Å². The van der Waals surface area contributed by atoms with Gasteiger partial charge in [0.1, 0.15) is 10.6 Å². The third-order valence-electron chi connectivity index (χ3n) is 3.64. The Kier molecular flexibility index (Phi) is 3.29. The molecule has 0 fully saturated rings. The van der Waals surface area contributed by atoms with Crippen LogP contribution < -0.4 is 4.90 Å². The lowest BCUT2D eigenvalue weighted by Crippen LogP contribution is -2.12. The first-order valence-electron chi connectivity index (χ1n) is 7.10. The molecule has 4 aromatic rings. The van der Waals surface area contributed by atoms with E-state index in [4.69, 9.17) is 0 Å².